The van der Waals surface area contributed by atoms with Gasteiger partial charge in [0.2, 0.25) is 11.8 Å². The molecule has 3 aromatic rings. The van der Waals surface area contributed by atoms with Crippen molar-refractivity contribution in [2.24, 2.45) is 0 Å². The molecule has 2 heterocycles. The topological polar surface area (TPSA) is 96.0 Å². The lowest BCUT2D eigenvalue weighted by Gasteiger charge is -2.41. The Hall–Kier alpha value is -3.85. The summed E-state index contributed by atoms with van der Waals surface area (Å²) in [4.78, 5) is 30.1. The number of sulfone groups is 1. The minimum atomic E-state index is -3.31. The van der Waals surface area contributed by atoms with E-state index >= 15 is 0 Å². The van der Waals surface area contributed by atoms with Gasteiger partial charge in [-0.1, -0.05) is 18.2 Å². The Bertz CT molecular complexity index is 1500. The van der Waals surface area contributed by atoms with Crippen molar-refractivity contribution in [3.8, 4) is 16.9 Å². The van der Waals surface area contributed by atoms with Gasteiger partial charge < -0.3 is 19.9 Å². The molecular formula is C28H29N3O5S. The van der Waals surface area contributed by atoms with Gasteiger partial charge in [0.25, 0.3) is 0 Å². The quantitative estimate of drug-likeness (QED) is 0.562. The van der Waals surface area contributed by atoms with E-state index in [9.17, 15) is 18.0 Å². The largest absolute Gasteiger partial charge is 0.497 e. The average molecular weight is 520 g/mol. The van der Waals surface area contributed by atoms with Crippen LogP contribution in [0.25, 0.3) is 11.1 Å². The lowest BCUT2D eigenvalue weighted by atomic mass is 9.99. The van der Waals surface area contributed by atoms with Gasteiger partial charge in [-0.3, -0.25) is 9.59 Å². The summed E-state index contributed by atoms with van der Waals surface area (Å²) in [5.74, 6) is 0.579. The molecule has 2 aliphatic rings. The van der Waals surface area contributed by atoms with E-state index in [-0.39, 0.29) is 22.8 Å². The molecule has 0 radical (unpaired) electrons. The predicted octanol–water partition coefficient (Wildman–Crippen LogP) is 3.89. The number of ether oxygens (including phenoxy) is 1. The van der Waals surface area contributed by atoms with E-state index in [4.69, 9.17) is 4.74 Å². The number of carbonyl (C=O) groups is 2. The van der Waals surface area contributed by atoms with E-state index in [0.29, 0.717) is 24.3 Å². The maximum absolute atomic E-state index is 13.9. The highest BCUT2D eigenvalue weighted by atomic mass is 32.2. The number of nitrogens with zero attached hydrogens (tertiary/aromatic N) is 2. The van der Waals surface area contributed by atoms with Crippen LogP contribution in [-0.2, 0) is 25.8 Å². The summed E-state index contributed by atoms with van der Waals surface area (Å²) < 4.78 is 29.1. The fraction of sp³-hybridized carbons (Fsp3) is 0.286. The van der Waals surface area contributed by atoms with Gasteiger partial charge in [0, 0.05) is 31.8 Å². The zero-order valence-corrected chi connectivity index (χ0v) is 22.0. The molecule has 37 heavy (non-hydrogen) atoms. The Morgan fingerprint density at radius 2 is 1.68 bits per heavy atom. The SMILES string of the molecule is COc1ccc2c(c1)CC(C(=O)N1C[C@H](C)N(C(C)=O)c3ccc(-c4ccc(S(C)(=O)=O)cc4)cc31)N2. The Balaban J connectivity index is 1.52. The highest BCUT2D eigenvalue weighted by molar-refractivity contribution is 7.90. The number of anilines is 3. The van der Waals surface area contributed by atoms with Crippen molar-refractivity contribution in [3.05, 3.63) is 66.2 Å². The fourth-order valence-corrected chi connectivity index (χ4v) is 5.82. The number of hydrogen-bond donors (Lipinski definition) is 1. The lowest BCUT2D eigenvalue weighted by molar-refractivity contribution is -0.120. The van der Waals surface area contributed by atoms with E-state index in [0.717, 1.165) is 28.1 Å². The Labute approximate surface area is 216 Å². The van der Waals surface area contributed by atoms with Crippen LogP contribution in [0.4, 0.5) is 17.1 Å². The van der Waals surface area contributed by atoms with Crippen molar-refractivity contribution in [1.29, 1.82) is 0 Å². The van der Waals surface area contributed by atoms with Crippen LogP contribution < -0.4 is 19.9 Å². The second-order valence-corrected chi connectivity index (χ2v) is 11.6. The number of methoxy groups -OCH3 is 1. The van der Waals surface area contributed by atoms with Gasteiger partial charge in [-0.2, -0.15) is 0 Å². The number of fused-ring (bicyclic) bond motifs is 2. The minimum Gasteiger partial charge on any atom is -0.497 e. The first-order valence-corrected chi connectivity index (χ1v) is 13.9. The first-order chi connectivity index (χ1) is 17.6. The maximum atomic E-state index is 13.9. The maximum Gasteiger partial charge on any atom is 0.249 e. The molecule has 3 aromatic carbocycles. The summed E-state index contributed by atoms with van der Waals surface area (Å²) in [5.41, 5.74) is 4.89. The van der Waals surface area contributed by atoms with Crippen molar-refractivity contribution < 1.29 is 22.7 Å². The molecule has 1 unspecified atom stereocenters. The predicted molar refractivity (Wildman–Crippen MR) is 144 cm³/mol. The molecule has 9 heteroatoms. The summed E-state index contributed by atoms with van der Waals surface area (Å²) in [6, 6.07) is 17.4. The second-order valence-electron chi connectivity index (χ2n) is 9.61. The van der Waals surface area contributed by atoms with E-state index in [1.54, 1.807) is 41.2 Å². The van der Waals surface area contributed by atoms with Gasteiger partial charge in [-0.25, -0.2) is 8.42 Å². The molecule has 192 valence electrons. The number of benzene rings is 3. The smallest absolute Gasteiger partial charge is 0.249 e. The van der Waals surface area contributed by atoms with Crippen LogP contribution in [0.5, 0.6) is 5.75 Å². The van der Waals surface area contributed by atoms with E-state index in [1.807, 2.05) is 43.3 Å². The molecule has 1 N–H and O–H groups in total. The molecule has 2 amide bonds. The molecular weight excluding hydrogens is 490 g/mol. The monoisotopic (exact) mass is 519 g/mol. The van der Waals surface area contributed by atoms with Crippen LogP contribution in [0.2, 0.25) is 0 Å². The summed E-state index contributed by atoms with van der Waals surface area (Å²) in [7, 11) is -1.69. The van der Waals surface area contributed by atoms with Crippen LogP contribution in [0.1, 0.15) is 19.4 Å². The number of amides is 2. The molecule has 2 atom stereocenters. The summed E-state index contributed by atoms with van der Waals surface area (Å²) in [6.45, 7) is 3.82. The molecule has 8 nitrogen and oxygen atoms in total. The van der Waals surface area contributed by atoms with Crippen LogP contribution in [0.3, 0.4) is 0 Å². The number of hydrogen-bond acceptors (Lipinski definition) is 6. The number of rotatable bonds is 4. The zero-order valence-electron chi connectivity index (χ0n) is 21.2. The normalized spacial score (nSPS) is 18.6. The van der Waals surface area contributed by atoms with Gasteiger partial charge in [0.05, 0.1) is 29.4 Å². The van der Waals surface area contributed by atoms with Gasteiger partial charge >= 0.3 is 0 Å². The van der Waals surface area contributed by atoms with Crippen LogP contribution >= 0.6 is 0 Å². The van der Waals surface area contributed by atoms with Gasteiger partial charge in [-0.05, 0) is 66.1 Å². The van der Waals surface area contributed by atoms with Crippen LogP contribution in [0, 0.1) is 0 Å². The Morgan fingerprint density at radius 3 is 2.32 bits per heavy atom. The molecule has 0 fully saturated rings. The van der Waals surface area contributed by atoms with Gasteiger partial charge in [-0.15, -0.1) is 0 Å². The third-order valence-corrected chi connectivity index (χ3v) is 8.13. The lowest BCUT2D eigenvalue weighted by Crippen LogP contribution is -2.54. The van der Waals surface area contributed by atoms with Crippen molar-refractivity contribution in [3.63, 3.8) is 0 Å². The molecule has 0 aliphatic carbocycles. The summed E-state index contributed by atoms with van der Waals surface area (Å²) in [6.07, 6.45) is 1.71. The average Bonchev–Trinajstić information content (AvgIpc) is 3.30. The van der Waals surface area contributed by atoms with Crippen LogP contribution in [0.15, 0.2) is 65.6 Å². The van der Waals surface area contributed by atoms with E-state index < -0.39 is 15.9 Å². The van der Waals surface area contributed by atoms with Gasteiger partial charge in [0.15, 0.2) is 9.84 Å². The van der Waals surface area contributed by atoms with E-state index in [1.165, 1.54) is 13.2 Å². The first kappa shape index (κ1) is 24.8. The Kier molecular flexibility index (Phi) is 6.19. The van der Waals surface area contributed by atoms with Crippen LogP contribution in [-0.4, -0.2) is 52.2 Å². The third kappa shape index (κ3) is 4.55. The minimum absolute atomic E-state index is 0.0731. The molecule has 2 aliphatic heterocycles. The second kappa shape index (κ2) is 9.23. The number of carbonyl (C=O) groups excluding carboxylic acids is 2. The number of nitrogens with one attached hydrogen (secondary N) is 1. The molecule has 0 spiro atoms. The third-order valence-electron chi connectivity index (χ3n) is 7.00. The Morgan fingerprint density at radius 1 is 0.973 bits per heavy atom. The van der Waals surface area contributed by atoms with Crippen molar-refractivity contribution >= 4 is 38.7 Å². The zero-order chi connectivity index (χ0) is 26.5. The molecule has 0 saturated heterocycles. The van der Waals surface area contributed by atoms with Crippen molar-refractivity contribution in [2.75, 3.05) is 35.0 Å². The highest BCUT2D eigenvalue weighted by Crippen LogP contribution is 2.40. The fourth-order valence-electron chi connectivity index (χ4n) is 5.19. The molecule has 0 saturated carbocycles. The van der Waals surface area contributed by atoms with Crippen molar-refractivity contribution in [1.82, 2.24) is 0 Å². The standard InChI is InChI=1S/C28H29N3O5S/c1-17-16-30(28(33)25-14-21-13-22(36-3)8-11-24(21)29-25)27-15-20(7-12-26(27)31(17)18(2)32)19-5-9-23(10-6-19)37(4,34)35/h5-13,15,17,25,29H,14,16H2,1-4H3/t17-,25?/m0/s1. The molecule has 0 bridgehead atoms. The molecule has 0 aromatic heterocycles. The summed E-state index contributed by atoms with van der Waals surface area (Å²) >= 11 is 0. The van der Waals surface area contributed by atoms with Gasteiger partial charge in [0.1, 0.15) is 11.8 Å². The van der Waals surface area contributed by atoms with E-state index in [2.05, 4.69) is 5.32 Å². The highest BCUT2D eigenvalue weighted by Gasteiger charge is 2.38. The molecule has 5 rings (SSSR count). The van der Waals surface area contributed by atoms with Crippen molar-refractivity contribution in [2.45, 2.75) is 37.2 Å². The first-order valence-electron chi connectivity index (χ1n) is 12.1. The summed E-state index contributed by atoms with van der Waals surface area (Å²) in [5, 5.41) is 3.34.